The van der Waals surface area contributed by atoms with Crippen molar-refractivity contribution in [2.75, 3.05) is 13.1 Å². The van der Waals surface area contributed by atoms with Crippen LogP contribution in [0.4, 0.5) is 0 Å². The highest BCUT2D eigenvalue weighted by molar-refractivity contribution is 5.91. The van der Waals surface area contributed by atoms with E-state index in [1.165, 1.54) is 0 Å². The lowest BCUT2D eigenvalue weighted by atomic mass is 10.2. The van der Waals surface area contributed by atoms with Crippen LogP contribution in [-0.4, -0.2) is 39.8 Å². The Morgan fingerprint density at radius 3 is 2.54 bits per heavy atom. The molecule has 0 radical (unpaired) electrons. The maximum atomic E-state index is 12.6. The minimum atomic E-state index is -0.245. The molecular formula is C20H21N5O. The molecule has 0 spiro atoms. The number of benzene rings is 2. The van der Waals surface area contributed by atoms with Crippen LogP contribution in [0.1, 0.15) is 23.5 Å². The van der Waals surface area contributed by atoms with Gasteiger partial charge in [-0.2, -0.15) is 0 Å². The van der Waals surface area contributed by atoms with Crippen molar-refractivity contribution in [3.8, 4) is 17.1 Å². The van der Waals surface area contributed by atoms with Gasteiger partial charge in [0, 0.05) is 18.2 Å². The van der Waals surface area contributed by atoms with E-state index in [2.05, 4.69) is 20.7 Å². The molecule has 1 atom stereocenters. The molecule has 0 bridgehead atoms. The molecule has 1 saturated heterocycles. The first kappa shape index (κ1) is 16.5. The fraction of sp³-hybridized carbons (Fsp3) is 0.250. The highest BCUT2D eigenvalue weighted by Crippen LogP contribution is 2.21. The minimum Gasteiger partial charge on any atom is -0.348 e. The van der Waals surface area contributed by atoms with Crippen molar-refractivity contribution in [2.45, 2.75) is 18.9 Å². The standard InChI is InChI=1S/C20H21N5O/c26-20(22-14-16-10-7-13-21-16)18-23-19(15-8-3-1-4-9-15)25(24-18)17-11-5-2-6-12-17/h1-6,8-9,11-12,16,21H,7,10,13-14H2,(H,22,26). The zero-order valence-corrected chi connectivity index (χ0v) is 14.4. The molecule has 2 aromatic carbocycles. The monoisotopic (exact) mass is 347 g/mol. The summed E-state index contributed by atoms with van der Waals surface area (Å²) in [5.41, 5.74) is 1.79. The average Bonchev–Trinajstić information content (AvgIpc) is 3.37. The molecule has 0 aliphatic carbocycles. The summed E-state index contributed by atoms with van der Waals surface area (Å²) in [6.45, 7) is 1.61. The Balaban J connectivity index is 1.63. The van der Waals surface area contributed by atoms with Gasteiger partial charge in [-0.05, 0) is 31.5 Å². The highest BCUT2D eigenvalue weighted by Gasteiger charge is 2.20. The summed E-state index contributed by atoms with van der Waals surface area (Å²) >= 11 is 0. The highest BCUT2D eigenvalue weighted by atomic mass is 16.2. The first-order valence-corrected chi connectivity index (χ1v) is 8.91. The molecule has 1 fully saturated rings. The third kappa shape index (κ3) is 3.50. The van der Waals surface area contributed by atoms with Crippen LogP contribution in [0.15, 0.2) is 60.7 Å². The second-order valence-electron chi connectivity index (χ2n) is 6.38. The Bertz CT molecular complexity index is 813. The predicted molar refractivity (Wildman–Crippen MR) is 100 cm³/mol. The van der Waals surface area contributed by atoms with Gasteiger partial charge >= 0.3 is 0 Å². The average molecular weight is 347 g/mol. The lowest BCUT2D eigenvalue weighted by Gasteiger charge is -2.09. The lowest BCUT2D eigenvalue weighted by Crippen LogP contribution is -2.37. The molecule has 2 N–H and O–H groups in total. The molecule has 1 aromatic heterocycles. The second kappa shape index (κ2) is 7.49. The zero-order valence-electron chi connectivity index (χ0n) is 14.4. The number of nitrogens with zero attached hydrogens (tertiary/aromatic N) is 3. The number of para-hydroxylation sites is 1. The Morgan fingerprint density at radius 2 is 1.85 bits per heavy atom. The van der Waals surface area contributed by atoms with E-state index in [1.807, 2.05) is 60.7 Å². The van der Waals surface area contributed by atoms with E-state index in [0.717, 1.165) is 30.6 Å². The van der Waals surface area contributed by atoms with Crippen LogP contribution in [0.2, 0.25) is 0 Å². The number of carbonyl (C=O) groups excluding carboxylic acids is 1. The molecule has 0 saturated carbocycles. The molecule has 1 aliphatic heterocycles. The van der Waals surface area contributed by atoms with Gasteiger partial charge in [-0.1, -0.05) is 48.5 Å². The van der Waals surface area contributed by atoms with Crippen LogP contribution < -0.4 is 10.6 Å². The molecule has 2 heterocycles. The number of aromatic nitrogens is 3. The molecule has 6 nitrogen and oxygen atoms in total. The maximum Gasteiger partial charge on any atom is 0.291 e. The number of hydrogen-bond acceptors (Lipinski definition) is 4. The SMILES string of the molecule is O=C(NCC1CCCN1)c1nc(-c2ccccc2)n(-c2ccccc2)n1. The lowest BCUT2D eigenvalue weighted by molar-refractivity contribution is 0.0940. The van der Waals surface area contributed by atoms with Crippen LogP contribution in [-0.2, 0) is 0 Å². The van der Waals surface area contributed by atoms with Gasteiger partial charge in [0.25, 0.3) is 5.91 Å². The third-order valence-electron chi connectivity index (χ3n) is 4.51. The van der Waals surface area contributed by atoms with Crippen molar-refractivity contribution in [3.05, 3.63) is 66.5 Å². The minimum absolute atomic E-state index is 0.186. The summed E-state index contributed by atoms with van der Waals surface area (Å²) in [6, 6.07) is 19.9. The van der Waals surface area contributed by atoms with Crippen LogP contribution in [0.5, 0.6) is 0 Å². The quantitative estimate of drug-likeness (QED) is 0.743. The van der Waals surface area contributed by atoms with Gasteiger partial charge in [0.2, 0.25) is 5.82 Å². The van der Waals surface area contributed by atoms with Crippen LogP contribution >= 0.6 is 0 Å². The zero-order chi connectivity index (χ0) is 17.8. The maximum absolute atomic E-state index is 12.6. The van der Waals surface area contributed by atoms with E-state index < -0.39 is 0 Å². The molecule has 4 rings (SSSR count). The first-order chi connectivity index (χ1) is 12.8. The summed E-state index contributed by atoms with van der Waals surface area (Å²) in [6.07, 6.45) is 2.24. The van der Waals surface area contributed by atoms with Crippen LogP contribution in [0.25, 0.3) is 17.1 Å². The summed E-state index contributed by atoms with van der Waals surface area (Å²) in [7, 11) is 0. The van der Waals surface area contributed by atoms with Gasteiger partial charge in [0.05, 0.1) is 5.69 Å². The summed E-state index contributed by atoms with van der Waals surface area (Å²) in [4.78, 5) is 17.1. The van der Waals surface area contributed by atoms with Crippen LogP contribution in [0.3, 0.4) is 0 Å². The van der Waals surface area contributed by atoms with Crippen molar-refractivity contribution < 1.29 is 4.79 Å². The van der Waals surface area contributed by atoms with Crippen LogP contribution in [0, 0.1) is 0 Å². The predicted octanol–water partition coefficient (Wildman–Crippen LogP) is 2.42. The molecular weight excluding hydrogens is 326 g/mol. The molecule has 26 heavy (non-hydrogen) atoms. The van der Waals surface area contributed by atoms with Crippen molar-refractivity contribution in [2.24, 2.45) is 0 Å². The van der Waals surface area contributed by atoms with Crippen molar-refractivity contribution in [3.63, 3.8) is 0 Å². The van der Waals surface area contributed by atoms with Crippen molar-refractivity contribution in [1.82, 2.24) is 25.4 Å². The van der Waals surface area contributed by atoms with E-state index >= 15 is 0 Å². The second-order valence-corrected chi connectivity index (χ2v) is 6.38. The Hall–Kier alpha value is -2.99. The smallest absolute Gasteiger partial charge is 0.291 e. The van der Waals surface area contributed by atoms with Crippen molar-refractivity contribution >= 4 is 5.91 Å². The van der Waals surface area contributed by atoms with E-state index in [1.54, 1.807) is 4.68 Å². The summed E-state index contributed by atoms with van der Waals surface area (Å²) in [5, 5.41) is 10.8. The molecule has 6 heteroatoms. The molecule has 3 aromatic rings. The number of nitrogens with one attached hydrogen (secondary N) is 2. The number of rotatable bonds is 5. The normalized spacial score (nSPS) is 16.5. The Labute approximate surface area is 152 Å². The van der Waals surface area contributed by atoms with E-state index in [4.69, 9.17) is 0 Å². The molecule has 1 unspecified atom stereocenters. The van der Waals surface area contributed by atoms with E-state index in [0.29, 0.717) is 18.4 Å². The van der Waals surface area contributed by atoms with Gasteiger partial charge in [-0.3, -0.25) is 4.79 Å². The molecule has 1 aliphatic rings. The van der Waals surface area contributed by atoms with Crippen molar-refractivity contribution in [1.29, 1.82) is 0 Å². The van der Waals surface area contributed by atoms with Gasteiger partial charge in [0.1, 0.15) is 0 Å². The molecule has 1 amide bonds. The fourth-order valence-electron chi connectivity index (χ4n) is 3.16. The fourth-order valence-corrected chi connectivity index (χ4v) is 3.16. The third-order valence-corrected chi connectivity index (χ3v) is 4.51. The topological polar surface area (TPSA) is 71.8 Å². The Morgan fingerprint density at radius 1 is 1.12 bits per heavy atom. The Kier molecular flexibility index (Phi) is 4.75. The number of amides is 1. The van der Waals surface area contributed by atoms with E-state index in [9.17, 15) is 4.79 Å². The van der Waals surface area contributed by atoms with Gasteiger partial charge < -0.3 is 10.6 Å². The number of carbonyl (C=O) groups is 1. The van der Waals surface area contributed by atoms with Gasteiger partial charge in [-0.15, -0.1) is 5.10 Å². The first-order valence-electron chi connectivity index (χ1n) is 8.91. The van der Waals surface area contributed by atoms with Gasteiger partial charge in [-0.25, -0.2) is 9.67 Å². The van der Waals surface area contributed by atoms with Gasteiger partial charge in [0.15, 0.2) is 5.82 Å². The van der Waals surface area contributed by atoms with E-state index in [-0.39, 0.29) is 11.7 Å². The number of hydrogen-bond donors (Lipinski definition) is 2. The molecule has 132 valence electrons. The summed E-state index contributed by atoms with van der Waals surface area (Å²) < 4.78 is 1.72. The largest absolute Gasteiger partial charge is 0.348 e. The summed E-state index contributed by atoms with van der Waals surface area (Å²) in [5.74, 6) is 0.595.